The molecule has 0 bridgehead atoms. The fourth-order valence-electron chi connectivity index (χ4n) is 4.50. The maximum Gasteiger partial charge on any atom is 0.261 e. The van der Waals surface area contributed by atoms with Gasteiger partial charge in [-0.2, -0.15) is 0 Å². The van der Waals surface area contributed by atoms with Crippen LogP contribution in [0.2, 0.25) is 0 Å². The Kier molecular flexibility index (Phi) is 5.53. The van der Waals surface area contributed by atoms with Gasteiger partial charge in [0.05, 0.1) is 5.56 Å². The predicted molar refractivity (Wildman–Crippen MR) is 126 cm³/mol. The molecule has 0 N–H and O–H groups in total. The van der Waals surface area contributed by atoms with Crippen molar-refractivity contribution in [2.45, 2.75) is 0 Å². The van der Waals surface area contributed by atoms with Crippen LogP contribution >= 0.6 is 15.9 Å². The fraction of sp³-hybridized carbons (Fsp3) is 0.240. The number of hydrogen-bond acceptors (Lipinski definition) is 4. The van der Waals surface area contributed by atoms with Crippen molar-refractivity contribution in [1.29, 1.82) is 0 Å². The summed E-state index contributed by atoms with van der Waals surface area (Å²) in [5, 5.41) is 1.66. The first-order valence-corrected chi connectivity index (χ1v) is 11.5. The van der Waals surface area contributed by atoms with Gasteiger partial charge in [-0.1, -0.05) is 36.4 Å². The van der Waals surface area contributed by atoms with E-state index in [2.05, 4.69) is 20.8 Å². The van der Waals surface area contributed by atoms with Gasteiger partial charge >= 0.3 is 0 Å². The molecule has 2 heterocycles. The van der Waals surface area contributed by atoms with Crippen LogP contribution in [0.5, 0.6) is 0 Å². The highest BCUT2D eigenvalue weighted by atomic mass is 79.9. The average molecular weight is 492 g/mol. The number of carbonyl (C=O) groups is 3. The summed E-state index contributed by atoms with van der Waals surface area (Å²) in [6.07, 6.45) is 0. The Bertz CT molecular complexity index is 1180. The fourth-order valence-corrected chi connectivity index (χ4v) is 4.96. The maximum atomic E-state index is 13.0. The molecule has 6 nitrogen and oxygen atoms in total. The predicted octanol–water partition coefficient (Wildman–Crippen LogP) is 3.66. The number of hydrogen-bond donors (Lipinski definition) is 0. The lowest BCUT2D eigenvalue weighted by Gasteiger charge is -2.36. The maximum absolute atomic E-state index is 13.0. The van der Waals surface area contributed by atoms with Crippen LogP contribution in [0.1, 0.15) is 31.1 Å². The molecule has 0 aliphatic carbocycles. The lowest BCUT2D eigenvalue weighted by atomic mass is 9.94. The number of benzene rings is 3. The second-order valence-electron chi connectivity index (χ2n) is 8.08. The van der Waals surface area contributed by atoms with Crippen molar-refractivity contribution in [1.82, 2.24) is 14.7 Å². The van der Waals surface area contributed by atoms with Crippen molar-refractivity contribution in [3.05, 3.63) is 81.8 Å². The van der Waals surface area contributed by atoms with Crippen molar-refractivity contribution >= 4 is 44.4 Å². The Labute approximate surface area is 194 Å². The lowest BCUT2D eigenvalue weighted by Crippen LogP contribution is -2.51. The van der Waals surface area contributed by atoms with Crippen LogP contribution in [0.25, 0.3) is 10.8 Å². The molecule has 2 aliphatic heterocycles. The summed E-state index contributed by atoms with van der Waals surface area (Å²) in [6.45, 7) is 3.57. The van der Waals surface area contributed by atoms with Crippen LogP contribution in [0.15, 0.2) is 65.1 Å². The molecule has 3 aromatic carbocycles. The number of carbonyl (C=O) groups excluding carboxylic acids is 3. The van der Waals surface area contributed by atoms with Crippen molar-refractivity contribution in [3.8, 4) is 0 Å². The van der Waals surface area contributed by atoms with Crippen molar-refractivity contribution in [3.63, 3.8) is 0 Å². The molecule has 0 saturated carbocycles. The Morgan fingerprint density at radius 2 is 1.41 bits per heavy atom. The molecule has 0 atom stereocenters. The second-order valence-corrected chi connectivity index (χ2v) is 8.94. The van der Waals surface area contributed by atoms with Gasteiger partial charge in [0.25, 0.3) is 17.7 Å². The molecule has 0 unspecified atom stereocenters. The zero-order valence-electron chi connectivity index (χ0n) is 17.5. The zero-order valence-corrected chi connectivity index (χ0v) is 19.0. The molecule has 7 heteroatoms. The molecule has 5 rings (SSSR count). The minimum Gasteiger partial charge on any atom is -0.336 e. The van der Waals surface area contributed by atoms with Crippen LogP contribution < -0.4 is 0 Å². The van der Waals surface area contributed by atoms with Crippen molar-refractivity contribution in [2.24, 2.45) is 0 Å². The molecule has 0 spiro atoms. The van der Waals surface area contributed by atoms with E-state index in [4.69, 9.17) is 0 Å². The molecule has 1 fully saturated rings. The molecule has 1 saturated heterocycles. The Morgan fingerprint density at radius 3 is 2.03 bits per heavy atom. The molecule has 2 aliphatic rings. The summed E-state index contributed by atoms with van der Waals surface area (Å²) in [6, 6.07) is 18.6. The highest BCUT2D eigenvalue weighted by Gasteiger charge is 2.33. The number of halogens is 1. The first kappa shape index (κ1) is 20.8. The molecule has 0 aromatic heterocycles. The van der Waals surface area contributed by atoms with E-state index in [0.29, 0.717) is 56.0 Å². The van der Waals surface area contributed by atoms with E-state index in [1.165, 1.54) is 4.90 Å². The van der Waals surface area contributed by atoms with Gasteiger partial charge in [-0.3, -0.25) is 24.2 Å². The van der Waals surface area contributed by atoms with E-state index in [1.807, 2.05) is 53.4 Å². The third kappa shape index (κ3) is 3.61. The summed E-state index contributed by atoms with van der Waals surface area (Å²) in [4.78, 5) is 44.3. The topological polar surface area (TPSA) is 60.9 Å². The second kappa shape index (κ2) is 8.48. The van der Waals surface area contributed by atoms with Crippen LogP contribution in [-0.2, 0) is 0 Å². The molecule has 0 radical (unpaired) electrons. The molecule has 3 amide bonds. The van der Waals surface area contributed by atoms with E-state index >= 15 is 0 Å². The third-order valence-electron chi connectivity index (χ3n) is 6.26. The quantitative estimate of drug-likeness (QED) is 0.522. The normalized spacial score (nSPS) is 16.7. The largest absolute Gasteiger partial charge is 0.336 e. The SMILES string of the molecule is O=C(c1ccccc1Br)N1CCN(CCN2C(=O)c3cccc4cccc(c34)C2=O)CC1. The van der Waals surface area contributed by atoms with Crippen molar-refractivity contribution in [2.75, 3.05) is 39.3 Å². The van der Waals surface area contributed by atoms with E-state index in [9.17, 15) is 14.4 Å². The lowest BCUT2D eigenvalue weighted by molar-refractivity contribution is 0.0550. The Morgan fingerprint density at radius 1 is 0.781 bits per heavy atom. The average Bonchev–Trinajstić information content (AvgIpc) is 2.82. The van der Waals surface area contributed by atoms with Gasteiger partial charge in [0.2, 0.25) is 0 Å². The number of piperazine rings is 1. The van der Waals surface area contributed by atoms with E-state index in [1.54, 1.807) is 12.1 Å². The molecule has 32 heavy (non-hydrogen) atoms. The van der Waals surface area contributed by atoms with Gasteiger partial charge in [-0.25, -0.2) is 0 Å². The van der Waals surface area contributed by atoms with Gasteiger partial charge in [-0.15, -0.1) is 0 Å². The standard InChI is InChI=1S/C25H22BrN3O3/c26-21-10-2-1-7-18(21)23(30)28-14-11-27(12-15-28)13-16-29-24(31)19-8-3-5-17-6-4-9-20(22(17)19)25(29)32/h1-10H,11-16H2. The number of imide groups is 1. The molecule has 3 aromatic rings. The van der Waals surface area contributed by atoms with Crippen LogP contribution in [0.3, 0.4) is 0 Å². The van der Waals surface area contributed by atoms with Crippen molar-refractivity contribution < 1.29 is 14.4 Å². The summed E-state index contributed by atoms with van der Waals surface area (Å²) in [7, 11) is 0. The first-order chi connectivity index (χ1) is 15.5. The Balaban J connectivity index is 1.23. The minimum atomic E-state index is -0.234. The van der Waals surface area contributed by atoms with Gasteiger partial charge in [0, 0.05) is 60.3 Å². The number of rotatable bonds is 4. The van der Waals surface area contributed by atoms with Crippen LogP contribution in [0, 0.1) is 0 Å². The summed E-state index contributed by atoms with van der Waals surface area (Å²) < 4.78 is 0.796. The highest BCUT2D eigenvalue weighted by molar-refractivity contribution is 9.10. The van der Waals surface area contributed by atoms with Gasteiger partial charge in [0.1, 0.15) is 0 Å². The first-order valence-electron chi connectivity index (χ1n) is 10.7. The summed E-state index contributed by atoms with van der Waals surface area (Å²) in [5.74, 6) is -0.452. The highest BCUT2D eigenvalue weighted by Crippen LogP contribution is 2.29. The molecular formula is C25H22BrN3O3. The smallest absolute Gasteiger partial charge is 0.261 e. The van der Waals surface area contributed by atoms with Gasteiger partial charge in [-0.05, 0) is 45.6 Å². The van der Waals surface area contributed by atoms with Crippen LogP contribution in [0.4, 0.5) is 0 Å². The number of amides is 3. The Hall–Kier alpha value is -3.03. The monoisotopic (exact) mass is 491 g/mol. The van der Waals surface area contributed by atoms with Gasteiger partial charge in [0.15, 0.2) is 0 Å². The van der Waals surface area contributed by atoms with E-state index in [-0.39, 0.29) is 17.7 Å². The summed E-state index contributed by atoms with van der Waals surface area (Å²) in [5.41, 5.74) is 1.83. The molecular weight excluding hydrogens is 470 g/mol. The van der Waals surface area contributed by atoms with Crippen LogP contribution in [-0.4, -0.2) is 71.7 Å². The third-order valence-corrected chi connectivity index (χ3v) is 6.95. The van der Waals surface area contributed by atoms with E-state index < -0.39 is 0 Å². The van der Waals surface area contributed by atoms with Gasteiger partial charge < -0.3 is 4.90 Å². The zero-order chi connectivity index (χ0) is 22.2. The summed E-state index contributed by atoms with van der Waals surface area (Å²) >= 11 is 3.45. The number of nitrogens with zero attached hydrogens (tertiary/aromatic N) is 3. The minimum absolute atomic E-state index is 0.0169. The van der Waals surface area contributed by atoms with E-state index in [0.717, 1.165) is 15.2 Å². The molecule has 162 valence electrons.